The Kier molecular flexibility index (Phi) is 6.97. The molecule has 26 heavy (non-hydrogen) atoms. The van der Waals surface area contributed by atoms with Crippen LogP contribution in [0.2, 0.25) is 5.02 Å². The van der Waals surface area contributed by atoms with E-state index in [-0.39, 0.29) is 5.91 Å². The van der Waals surface area contributed by atoms with Crippen molar-refractivity contribution in [2.24, 2.45) is 0 Å². The van der Waals surface area contributed by atoms with Crippen molar-refractivity contribution in [2.45, 2.75) is 11.4 Å². The number of thioether (sulfide) groups is 1. The zero-order valence-electron chi connectivity index (χ0n) is 15.0. The van der Waals surface area contributed by atoms with Gasteiger partial charge in [-0.15, -0.1) is 11.8 Å². The van der Waals surface area contributed by atoms with Gasteiger partial charge in [-0.05, 0) is 36.1 Å². The number of benzene rings is 2. The lowest BCUT2D eigenvalue weighted by atomic mass is 10.2. The van der Waals surface area contributed by atoms with Crippen molar-refractivity contribution in [3.05, 3.63) is 59.1 Å². The Morgan fingerprint density at radius 2 is 1.69 bits per heavy atom. The minimum absolute atomic E-state index is 0.0534. The van der Waals surface area contributed by atoms with Crippen LogP contribution in [0.4, 0.5) is 5.69 Å². The molecule has 3 rings (SSSR count). The van der Waals surface area contributed by atoms with E-state index >= 15 is 0 Å². The molecule has 1 saturated heterocycles. The van der Waals surface area contributed by atoms with Gasteiger partial charge in [0.2, 0.25) is 5.91 Å². The maximum absolute atomic E-state index is 12.4. The summed E-state index contributed by atoms with van der Waals surface area (Å²) >= 11 is 7.58. The van der Waals surface area contributed by atoms with Crippen LogP contribution in [0.25, 0.3) is 0 Å². The van der Waals surface area contributed by atoms with Gasteiger partial charge in [0.15, 0.2) is 0 Å². The summed E-state index contributed by atoms with van der Waals surface area (Å²) in [7, 11) is 0. The van der Waals surface area contributed by atoms with Crippen molar-refractivity contribution in [3.8, 4) is 0 Å². The van der Waals surface area contributed by atoms with Gasteiger partial charge in [-0.2, -0.15) is 0 Å². The molecule has 1 fully saturated rings. The number of piperazine rings is 1. The molecule has 0 aliphatic carbocycles. The second kappa shape index (κ2) is 9.42. The fourth-order valence-corrected chi connectivity index (χ4v) is 3.77. The first kappa shape index (κ1) is 19.2. The third-order valence-corrected chi connectivity index (χ3v) is 5.58. The first-order valence-electron chi connectivity index (χ1n) is 8.76. The Hall–Kier alpha value is -1.53. The molecule has 1 aliphatic rings. The highest BCUT2D eigenvalue weighted by atomic mass is 35.5. The van der Waals surface area contributed by atoms with Gasteiger partial charge >= 0.3 is 0 Å². The largest absolute Gasteiger partial charge is 0.324 e. The molecule has 6 heteroatoms. The average molecular weight is 390 g/mol. The average Bonchev–Trinajstić information content (AvgIpc) is 2.65. The monoisotopic (exact) mass is 389 g/mol. The topological polar surface area (TPSA) is 35.6 Å². The van der Waals surface area contributed by atoms with Crippen molar-refractivity contribution < 1.29 is 4.79 Å². The van der Waals surface area contributed by atoms with E-state index in [1.165, 1.54) is 5.56 Å². The van der Waals surface area contributed by atoms with Gasteiger partial charge in [-0.3, -0.25) is 14.6 Å². The van der Waals surface area contributed by atoms with Crippen molar-refractivity contribution in [1.29, 1.82) is 0 Å². The zero-order chi connectivity index (χ0) is 18.4. The predicted molar refractivity (Wildman–Crippen MR) is 110 cm³/mol. The van der Waals surface area contributed by atoms with Crippen LogP contribution in [-0.4, -0.2) is 54.7 Å². The molecule has 0 spiro atoms. The summed E-state index contributed by atoms with van der Waals surface area (Å²) in [5.74, 6) is 0.0534. The van der Waals surface area contributed by atoms with Gasteiger partial charge in [-0.1, -0.05) is 35.9 Å². The highest BCUT2D eigenvalue weighted by molar-refractivity contribution is 7.98. The smallest absolute Gasteiger partial charge is 0.238 e. The van der Waals surface area contributed by atoms with E-state index in [4.69, 9.17) is 11.6 Å². The number of anilines is 1. The number of rotatable bonds is 6. The van der Waals surface area contributed by atoms with Crippen LogP contribution in [0.15, 0.2) is 53.4 Å². The minimum Gasteiger partial charge on any atom is -0.324 e. The first-order valence-corrected chi connectivity index (χ1v) is 10.4. The van der Waals surface area contributed by atoms with Crippen LogP contribution in [0.5, 0.6) is 0 Å². The maximum Gasteiger partial charge on any atom is 0.238 e. The SMILES string of the molecule is CSc1ccccc1NC(=O)CN1CCN(Cc2ccc(Cl)cc2)CC1. The Balaban J connectivity index is 1.44. The fraction of sp³-hybridized carbons (Fsp3) is 0.350. The molecular formula is C20H24ClN3OS. The molecule has 0 bridgehead atoms. The second-order valence-corrected chi connectivity index (χ2v) is 7.71. The lowest BCUT2D eigenvalue weighted by Crippen LogP contribution is -2.48. The molecule has 1 N–H and O–H groups in total. The highest BCUT2D eigenvalue weighted by Gasteiger charge is 2.19. The molecule has 0 unspecified atom stereocenters. The highest BCUT2D eigenvalue weighted by Crippen LogP contribution is 2.24. The van der Waals surface area contributed by atoms with Crippen LogP contribution in [0, 0.1) is 0 Å². The number of hydrogen-bond acceptors (Lipinski definition) is 4. The molecule has 0 radical (unpaired) electrons. The molecule has 2 aromatic rings. The Morgan fingerprint density at radius 1 is 1.04 bits per heavy atom. The van der Waals surface area contributed by atoms with Gasteiger partial charge in [0.1, 0.15) is 0 Å². The van der Waals surface area contributed by atoms with Gasteiger partial charge in [0.05, 0.1) is 12.2 Å². The van der Waals surface area contributed by atoms with Gasteiger partial charge in [0.25, 0.3) is 0 Å². The molecule has 0 saturated carbocycles. The van der Waals surface area contributed by atoms with Crippen LogP contribution < -0.4 is 5.32 Å². The molecule has 2 aromatic carbocycles. The summed E-state index contributed by atoms with van der Waals surface area (Å²) in [4.78, 5) is 18.1. The van der Waals surface area contributed by atoms with Crippen molar-refractivity contribution in [2.75, 3.05) is 44.3 Å². The van der Waals surface area contributed by atoms with Crippen molar-refractivity contribution in [3.63, 3.8) is 0 Å². The predicted octanol–water partition coefficient (Wildman–Crippen LogP) is 3.82. The number of halogens is 1. The number of carbonyl (C=O) groups is 1. The van der Waals surface area contributed by atoms with Crippen LogP contribution in [0.1, 0.15) is 5.56 Å². The molecule has 1 heterocycles. The van der Waals surface area contributed by atoms with E-state index in [1.54, 1.807) is 11.8 Å². The molecule has 138 valence electrons. The summed E-state index contributed by atoms with van der Waals surface area (Å²) in [6.45, 7) is 5.13. The van der Waals surface area contributed by atoms with E-state index in [0.717, 1.165) is 48.3 Å². The normalized spacial score (nSPS) is 15.8. The summed E-state index contributed by atoms with van der Waals surface area (Å²) < 4.78 is 0. The number of para-hydroxylation sites is 1. The Morgan fingerprint density at radius 3 is 2.38 bits per heavy atom. The van der Waals surface area contributed by atoms with E-state index in [0.29, 0.717) is 6.54 Å². The van der Waals surface area contributed by atoms with Crippen molar-refractivity contribution in [1.82, 2.24) is 9.80 Å². The number of hydrogen-bond donors (Lipinski definition) is 1. The quantitative estimate of drug-likeness (QED) is 0.762. The van der Waals surface area contributed by atoms with E-state index in [1.807, 2.05) is 42.7 Å². The van der Waals surface area contributed by atoms with E-state index in [9.17, 15) is 4.79 Å². The number of nitrogens with zero attached hydrogens (tertiary/aromatic N) is 2. The summed E-state index contributed by atoms with van der Waals surface area (Å²) in [5.41, 5.74) is 2.17. The van der Waals surface area contributed by atoms with E-state index < -0.39 is 0 Å². The Bertz CT molecular complexity index is 730. The minimum atomic E-state index is 0.0534. The van der Waals surface area contributed by atoms with Crippen LogP contribution in [0.3, 0.4) is 0 Å². The number of amides is 1. The summed E-state index contributed by atoms with van der Waals surface area (Å²) in [5, 5.41) is 3.81. The lowest BCUT2D eigenvalue weighted by molar-refractivity contribution is -0.117. The third kappa shape index (κ3) is 5.48. The Labute approximate surface area is 164 Å². The zero-order valence-corrected chi connectivity index (χ0v) is 16.5. The first-order chi connectivity index (χ1) is 12.6. The van der Waals surface area contributed by atoms with Gasteiger partial charge in [-0.25, -0.2) is 0 Å². The van der Waals surface area contributed by atoms with Crippen molar-refractivity contribution >= 4 is 35.0 Å². The standard InChI is InChI=1S/C20H24ClN3OS/c1-26-19-5-3-2-4-18(19)22-20(25)15-24-12-10-23(11-13-24)14-16-6-8-17(21)9-7-16/h2-9H,10-15H2,1H3,(H,22,25). The van der Waals surface area contributed by atoms with Gasteiger partial charge in [0, 0.05) is 42.6 Å². The fourth-order valence-electron chi connectivity index (χ4n) is 3.09. The van der Waals surface area contributed by atoms with Crippen LogP contribution in [-0.2, 0) is 11.3 Å². The second-order valence-electron chi connectivity index (χ2n) is 6.43. The third-order valence-electron chi connectivity index (χ3n) is 4.53. The maximum atomic E-state index is 12.4. The molecular weight excluding hydrogens is 366 g/mol. The summed E-state index contributed by atoms with van der Waals surface area (Å²) in [6, 6.07) is 15.9. The molecule has 0 aromatic heterocycles. The molecule has 0 atom stereocenters. The van der Waals surface area contributed by atoms with Crippen LogP contribution >= 0.6 is 23.4 Å². The summed E-state index contributed by atoms with van der Waals surface area (Å²) in [6.07, 6.45) is 2.02. The van der Waals surface area contributed by atoms with E-state index in [2.05, 4.69) is 27.2 Å². The van der Waals surface area contributed by atoms with Gasteiger partial charge < -0.3 is 5.32 Å². The molecule has 1 amide bonds. The number of nitrogens with one attached hydrogen (secondary N) is 1. The molecule has 1 aliphatic heterocycles. The lowest BCUT2D eigenvalue weighted by Gasteiger charge is -2.34. The number of carbonyl (C=O) groups excluding carboxylic acids is 1. The molecule has 4 nitrogen and oxygen atoms in total.